The molecule has 0 unspecified atom stereocenters. The summed E-state index contributed by atoms with van der Waals surface area (Å²) in [5, 5.41) is 12.3. The highest BCUT2D eigenvalue weighted by atomic mass is 35.5. The predicted molar refractivity (Wildman–Crippen MR) is 82.6 cm³/mol. The molecular weight excluding hydrogens is 313 g/mol. The number of rotatable bonds is 3. The fourth-order valence-electron chi connectivity index (χ4n) is 1.75. The van der Waals surface area contributed by atoms with Gasteiger partial charge in [0, 0.05) is 10.7 Å². The first-order valence-corrected chi connectivity index (χ1v) is 6.74. The summed E-state index contributed by atoms with van der Waals surface area (Å²) in [4.78, 5) is 23.2. The van der Waals surface area contributed by atoms with Gasteiger partial charge in [0.1, 0.15) is 0 Å². The Hall–Kier alpha value is -2.04. The van der Waals surface area contributed by atoms with Crippen LogP contribution in [0.4, 0.5) is 5.69 Å². The van der Waals surface area contributed by atoms with Crippen molar-refractivity contribution in [1.29, 1.82) is 0 Å². The maximum atomic E-state index is 12.2. The van der Waals surface area contributed by atoms with Gasteiger partial charge in [-0.25, -0.2) is 4.79 Å². The molecule has 1 amide bonds. The van der Waals surface area contributed by atoms with E-state index in [9.17, 15) is 9.59 Å². The smallest absolute Gasteiger partial charge is 0.335 e. The quantitative estimate of drug-likeness (QED) is 0.887. The second-order valence-electron chi connectivity index (χ2n) is 4.41. The molecule has 4 nitrogen and oxygen atoms in total. The lowest BCUT2D eigenvalue weighted by molar-refractivity contribution is 0.0696. The second-order valence-corrected chi connectivity index (χ2v) is 5.26. The topological polar surface area (TPSA) is 66.4 Å². The number of amides is 1. The van der Waals surface area contributed by atoms with Gasteiger partial charge in [0.25, 0.3) is 5.91 Å². The fourth-order valence-corrected chi connectivity index (χ4v) is 2.25. The Morgan fingerprint density at radius 2 is 1.81 bits per heavy atom. The van der Waals surface area contributed by atoms with E-state index in [1.807, 2.05) is 0 Å². The molecule has 0 spiro atoms. The molecule has 0 aromatic heterocycles. The number of carbonyl (C=O) groups is 2. The Labute approximate surface area is 131 Å². The molecule has 108 valence electrons. The molecule has 2 aromatic carbocycles. The molecule has 2 N–H and O–H groups in total. The number of halogens is 2. The third kappa shape index (κ3) is 3.54. The zero-order valence-corrected chi connectivity index (χ0v) is 12.5. The lowest BCUT2D eigenvalue weighted by Crippen LogP contribution is -2.14. The zero-order chi connectivity index (χ0) is 15.6. The number of carbonyl (C=O) groups excluding carboxylic acids is 1. The summed E-state index contributed by atoms with van der Waals surface area (Å²) in [7, 11) is 0. The molecule has 2 aromatic rings. The average molecular weight is 324 g/mol. The Bertz CT molecular complexity index is 729. The van der Waals surface area contributed by atoms with E-state index in [4.69, 9.17) is 28.3 Å². The molecule has 0 aliphatic carbocycles. The van der Waals surface area contributed by atoms with Crippen molar-refractivity contribution in [3.05, 3.63) is 63.1 Å². The molecular formula is C15H11Cl2NO3. The van der Waals surface area contributed by atoms with Crippen molar-refractivity contribution >= 4 is 40.8 Å². The van der Waals surface area contributed by atoms with Crippen molar-refractivity contribution in [1.82, 2.24) is 0 Å². The zero-order valence-electron chi connectivity index (χ0n) is 11.0. The normalized spacial score (nSPS) is 10.2. The van der Waals surface area contributed by atoms with Gasteiger partial charge in [0.15, 0.2) is 0 Å². The molecule has 0 radical (unpaired) electrons. The minimum atomic E-state index is -1.06. The van der Waals surface area contributed by atoms with Crippen molar-refractivity contribution < 1.29 is 14.7 Å². The number of aromatic carboxylic acids is 1. The van der Waals surface area contributed by atoms with Crippen LogP contribution in [-0.4, -0.2) is 17.0 Å². The van der Waals surface area contributed by atoms with E-state index in [-0.39, 0.29) is 16.1 Å². The first-order valence-electron chi connectivity index (χ1n) is 5.99. The molecule has 0 atom stereocenters. The molecule has 0 aliphatic heterocycles. The predicted octanol–water partition coefficient (Wildman–Crippen LogP) is 4.25. The number of aryl methyl sites for hydroxylation is 1. The van der Waals surface area contributed by atoms with Crippen LogP contribution in [0.3, 0.4) is 0 Å². The van der Waals surface area contributed by atoms with E-state index in [0.717, 1.165) is 5.56 Å². The number of benzene rings is 2. The van der Waals surface area contributed by atoms with Gasteiger partial charge in [-0.05, 0) is 42.8 Å². The van der Waals surface area contributed by atoms with E-state index in [0.29, 0.717) is 10.7 Å². The Morgan fingerprint density at radius 1 is 1.10 bits per heavy atom. The van der Waals surface area contributed by atoms with Crippen molar-refractivity contribution in [3.63, 3.8) is 0 Å². The summed E-state index contributed by atoms with van der Waals surface area (Å²) in [6, 6.07) is 9.04. The summed E-state index contributed by atoms with van der Waals surface area (Å²) in [5.74, 6) is -1.49. The first kappa shape index (κ1) is 15.4. The highest BCUT2D eigenvalue weighted by Crippen LogP contribution is 2.23. The van der Waals surface area contributed by atoms with Crippen molar-refractivity contribution in [2.75, 3.05) is 5.32 Å². The van der Waals surface area contributed by atoms with Crippen LogP contribution in [0.15, 0.2) is 36.4 Å². The standard InChI is InChI=1S/C15H11Cl2NO3/c1-8-2-3-9(15(20)21)6-13(8)18-14(19)11-5-4-10(16)7-12(11)17/h2-7H,1H3,(H,18,19)(H,20,21). The fraction of sp³-hybridized carbons (Fsp3) is 0.0667. The summed E-state index contributed by atoms with van der Waals surface area (Å²) >= 11 is 11.8. The van der Waals surface area contributed by atoms with Crippen molar-refractivity contribution in [3.8, 4) is 0 Å². The molecule has 6 heteroatoms. The van der Waals surface area contributed by atoms with E-state index in [1.165, 1.54) is 24.3 Å². The molecule has 0 saturated heterocycles. The van der Waals surface area contributed by atoms with Crippen LogP contribution in [0.1, 0.15) is 26.3 Å². The first-order chi connectivity index (χ1) is 9.88. The number of hydrogen-bond donors (Lipinski definition) is 2. The van der Waals surface area contributed by atoms with Gasteiger partial charge in [0.2, 0.25) is 0 Å². The molecule has 0 bridgehead atoms. The maximum Gasteiger partial charge on any atom is 0.335 e. The average Bonchev–Trinajstić information content (AvgIpc) is 2.40. The van der Waals surface area contributed by atoms with Crippen LogP contribution in [0, 0.1) is 6.92 Å². The molecule has 0 heterocycles. The van der Waals surface area contributed by atoms with E-state index >= 15 is 0 Å². The van der Waals surface area contributed by atoms with Gasteiger partial charge in [-0.1, -0.05) is 29.3 Å². The SMILES string of the molecule is Cc1ccc(C(=O)O)cc1NC(=O)c1ccc(Cl)cc1Cl. The molecule has 0 aliphatic rings. The van der Waals surface area contributed by atoms with Crippen LogP contribution in [0.25, 0.3) is 0 Å². The van der Waals surface area contributed by atoms with Gasteiger partial charge in [0.05, 0.1) is 16.1 Å². The van der Waals surface area contributed by atoms with Gasteiger partial charge in [-0.3, -0.25) is 4.79 Å². The second kappa shape index (κ2) is 6.16. The maximum absolute atomic E-state index is 12.2. The van der Waals surface area contributed by atoms with Crippen LogP contribution in [0.5, 0.6) is 0 Å². The summed E-state index contributed by atoms with van der Waals surface area (Å²) in [6.45, 7) is 1.77. The molecule has 0 saturated carbocycles. The van der Waals surface area contributed by atoms with Gasteiger partial charge in [-0.15, -0.1) is 0 Å². The van der Waals surface area contributed by atoms with Crippen LogP contribution in [0.2, 0.25) is 10.0 Å². The van der Waals surface area contributed by atoms with E-state index < -0.39 is 11.9 Å². The minimum absolute atomic E-state index is 0.0955. The lowest BCUT2D eigenvalue weighted by Gasteiger charge is -2.10. The number of hydrogen-bond acceptors (Lipinski definition) is 2. The minimum Gasteiger partial charge on any atom is -0.478 e. The van der Waals surface area contributed by atoms with E-state index in [2.05, 4.69) is 5.32 Å². The van der Waals surface area contributed by atoms with Crippen molar-refractivity contribution in [2.45, 2.75) is 6.92 Å². The highest BCUT2D eigenvalue weighted by Gasteiger charge is 2.13. The lowest BCUT2D eigenvalue weighted by atomic mass is 10.1. The highest BCUT2D eigenvalue weighted by molar-refractivity contribution is 6.37. The molecule has 21 heavy (non-hydrogen) atoms. The number of anilines is 1. The monoisotopic (exact) mass is 323 g/mol. The number of carboxylic acid groups (broad SMARTS) is 1. The largest absolute Gasteiger partial charge is 0.478 e. The summed E-state index contributed by atoms with van der Waals surface area (Å²) < 4.78 is 0. The third-order valence-electron chi connectivity index (χ3n) is 2.91. The van der Waals surface area contributed by atoms with Gasteiger partial charge in [-0.2, -0.15) is 0 Å². The Morgan fingerprint density at radius 3 is 2.43 bits per heavy atom. The van der Waals surface area contributed by atoms with Crippen LogP contribution in [-0.2, 0) is 0 Å². The summed E-state index contributed by atoms with van der Waals surface area (Å²) in [6.07, 6.45) is 0. The van der Waals surface area contributed by atoms with Crippen molar-refractivity contribution in [2.24, 2.45) is 0 Å². The van der Waals surface area contributed by atoms with E-state index in [1.54, 1.807) is 19.1 Å². The Balaban J connectivity index is 2.31. The molecule has 2 rings (SSSR count). The molecule has 0 fully saturated rings. The number of nitrogens with one attached hydrogen (secondary N) is 1. The summed E-state index contributed by atoms with van der Waals surface area (Å²) in [5.41, 5.74) is 1.53. The third-order valence-corrected chi connectivity index (χ3v) is 3.46. The van der Waals surface area contributed by atoms with Crippen LogP contribution < -0.4 is 5.32 Å². The van der Waals surface area contributed by atoms with Gasteiger partial charge < -0.3 is 10.4 Å². The van der Waals surface area contributed by atoms with Crippen LogP contribution >= 0.6 is 23.2 Å². The Kier molecular flexibility index (Phi) is 4.50. The van der Waals surface area contributed by atoms with Gasteiger partial charge >= 0.3 is 5.97 Å². The number of carboxylic acids is 1.